The number of nitrogens with one attached hydrogen (secondary N) is 2. The van der Waals surface area contributed by atoms with E-state index in [1.54, 1.807) is 19.9 Å². The van der Waals surface area contributed by atoms with Crippen LogP contribution < -0.4 is 10.6 Å². The fourth-order valence-electron chi connectivity index (χ4n) is 1.78. The largest absolute Gasteiger partial charge is 0.480 e. The zero-order chi connectivity index (χ0) is 19.1. The summed E-state index contributed by atoms with van der Waals surface area (Å²) in [6.07, 6.45) is 1.03. The van der Waals surface area contributed by atoms with Gasteiger partial charge in [0.25, 0.3) is 11.6 Å². The number of nitro benzene ring substituents is 1. The highest BCUT2D eigenvalue weighted by Gasteiger charge is 2.24. The third-order valence-corrected chi connectivity index (χ3v) is 3.43. The normalized spacial score (nSPS) is 12.2. The maximum Gasteiger partial charge on any atom is 0.326 e. The van der Waals surface area contributed by atoms with Gasteiger partial charge in [-0.3, -0.25) is 14.9 Å². The lowest BCUT2D eigenvalue weighted by molar-refractivity contribution is -0.384. The van der Waals surface area contributed by atoms with Crippen molar-refractivity contribution in [3.63, 3.8) is 0 Å². The quantitative estimate of drug-likeness (QED) is 0.290. The van der Waals surface area contributed by atoms with Gasteiger partial charge in [0.15, 0.2) is 0 Å². The SMILES string of the molecule is CC(C)C(NC(=O)/C(C#N)=C\Nc1ccc(Cl)c([N+](=O)[O-])c1)C(=O)O. The number of nitrogens with zero attached hydrogens (tertiary/aromatic N) is 2. The molecule has 0 bridgehead atoms. The summed E-state index contributed by atoms with van der Waals surface area (Å²) in [6.45, 7) is 3.22. The van der Waals surface area contributed by atoms with Gasteiger partial charge in [-0.25, -0.2) is 4.79 Å². The van der Waals surface area contributed by atoms with Crippen LogP contribution in [0.5, 0.6) is 0 Å². The molecule has 10 heteroatoms. The van der Waals surface area contributed by atoms with Crippen LogP contribution in [0.4, 0.5) is 11.4 Å². The van der Waals surface area contributed by atoms with E-state index in [2.05, 4.69) is 10.6 Å². The standard InChI is InChI=1S/C15H15ClN4O5/c1-8(2)13(15(22)23)19-14(21)9(6-17)7-18-10-3-4-11(16)12(5-10)20(24)25/h3-5,7-8,13,18H,1-2H3,(H,19,21)(H,22,23)/b9-7-. The molecule has 3 N–H and O–H groups in total. The first-order chi connectivity index (χ1) is 11.7. The molecule has 132 valence electrons. The third kappa shape index (κ3) is 5.47. The Labute approximate surface area is 148 Å². The number of carbonyl (C=O) groups excluding carboxylic acids is 1. The van der Waals surface area contributed by atoms with E-state index in [4.69, 9.17) is 22.0 Å². The zero-order valence-electron chi connectivity index (χ0n) is 13.3. The highest BCUT2D eigenvalue weighted by atomic mass is 35.5. The van der Waals surface area contributed by atoms with Crippen molar-refractivity contribution in [3.05, 3.63) is 45.1 Å². The summed E-state index contributed by atoms with van der Waals surface area (Å²) < 4.78 is 0. The fourth-order valence-corrected chi connectivity index (χ4v) is 1.97. The van der Waals surface area contributed by atoms with Crippen LogP contribution in [-0.4, -0.2) is 27.9 Å². The highest BCUT2D eigenvalue weighted by molar-refractivity contribution is 6.32. The van der Waals surface area contributed by atoms with Crippen molar-refractivity contribution in [2.75, 3.05) is 5.32 Å². The molecule has 1 aromatic carbocycles. The minimum Gasteiger partial charge on any atom is -0.480 e. The van der Waals surface area contributed by atoms with Crippen molar-refractivity contribution in [2.45, 2.75) is 19.9 Å². The number of carboxylic acids is 1. The van der Waals surface area contributed by atoms with Crippen LogP contribution in [0.2, 0.25) is 5.02 Å². The van der Waals surface area contributed by atoms with E-state index < -0.39 is 22.8 Å². The van der Waals surface area contributed by atoms with Gasteiger partial charge in [-0.1, -0.05) is 25.4 Å². The lowest BCUT2D eigenvalue weighted by Crippen LogP contribution is -2.44. The van der Waals surface area contributed by atoms with Gasteiger partial charge < -0.3 is 15.7 Å². The zero-order valence-corrected chi connectivity index (χ0v) is 14.1. The molecule has 0 spiro atoms. The molecule has 0 saturated heterocycles. The van der Waals surface area contributed by atoms with Crippen LogP contribution in [-0.2, 0) is 9.59 Å². The summed E-state index contributed by atoms with van der Waals surface area (Å²) in [6, 6.07) is 4.34. The number of rotatable bonds is 7. The van der Waals surface area contributed by atoms with E-state index in [1.165, 1.54) is 12.1 Å². The molecule has 0 aromatic heterocycles. The monoisotopic (exact) mass is 366 g/mol. The molecule has 0 radical (unpaired) electrons. The van der Waals surface area contributed by atoms with Crippen molar-refractivity contribution in [1.82, 2.24) is 5.32 Å². The highest BCUT2D eigenvalue weighted by Crippen LogP contribution is 2.27. The number of hydrogen-bond donors (Lipinski definition) is 3. The van der Waals surface area contributed by atoms with E-state index in [9.17, 15) is 19.7 Å². The van der Waals surface area contributed by atoms with E-state index in [1.807, 2.05) is 0 Å². The summed E-state index contributed by atoms with van der Waals surface area (Å²) in [5.74, 6) is -2.48. The topological polar surface area (TPSA) is 145 Å². The fraction of sp³-hybridized carbons (Fsp3) is 0.267. The number of carbonyl (C=O) groups is 2. The minimum absolute atomic E-state index is 0.0565. The molecule has 0 aliphatic heterocycles. The van der Waals surface area contributed by atoms with Gasteiger partial charge in [0.2, 0.25) is 0 Å². The first kappa shape index (κ1) is 19.9. The van der Waals surface area contributed by atoms with Gasteiger partial charge in [-0.2, -0.15) is 5.26 Å². The van der Waals surface area contributed by atoms with Crippen LogP contribution in [0.3, 0.4) is 0 Å². The van der Waals surface area contributed by atoms with Gasteiger partial charge in [-0.15, -0.1) is 0 Å². The van der Waals surface area contributed by atoms with Crippen molar-refractivity contribution in [3.8, 4) is 6.07 Å². The predicted octanol–water partition coefficient (Wildman–Crippen LogP) is 2.29. The lowest BCUT2D eigenvalue weighted by atomic mass is 10.0. The molecule has 0 saturated carbocycles. The van der Waals surface area contributed by atoms with Crippen LogP contribution in [0.1, 0.15) is 13.8 Å². The third-order valence-electron chi connectivity index (χ3n) is 3.11. The number of carboxylic acid groups (broad SMARTS) is 1. The molecule has 0 fully saturated rings. The number of anilines is 1. The first-order valence-corrected chi connectivity index (χ1v) is 7.39. The molecular formula is C15H15ClN4O5. The molecule has 0 aliphatic carbocycles. The van der Waals surface area contributed by atoms with Gasteiger partial charge in [0.05, 0.1) is 4.92 Å². The lowest BCUT2D eigenvalue weighted by Gasteiger charge is -2.17. The van der Waals surface area contributed by atoms with Crippen LogP contribution >= 0.6 is 11.6 Å². The molecule has 0 heterocycles. The predicted molar refractivity (Wildman–Crippen MR) is 89.8 cm³/mol. The molecule has 0 aliphatic rings. The van der Waals surface area contributed by atoms with Crippen molar-refractivity contribution < 1.29 is 19.6 Å². The molecule has 1 amide bonds. The Kier molecular flexibility index (Phi) is 6.90. The summed E-state index contributed by atoms with van der Waals surface area (Å²) in [5, 5.41) is 33.7. The van der Waals surface area contributed by atoms with Gasteiger partial charge >= 0.3 is 5.97 Å². The van der Waals surface area contributed by atoms with E-state index in [-0.39, 0.29) is 27.9 Å². The van der Waals surface area contributed by atoms with Gasteiger partial charge in [0, 0.05) is 18.0 Å². The smallest absolute Gasteiger partial charge is 0.326 e. The Bertz CT molecular complexity index is 770. The summed E-state index contributed by atoms with van der Waals surface area (Å²) in [4.78, 5) is 33.3. The number of aliphatic carboxylic acids is 1. The van der Waals surface area contributed by atoms with E-state index in [0.717, 1.165) is 12.3 Å². The number of nitro groups is 1. The Morgan fingerprint density at radius 3 is 2.56 bits per heavy atom. The van der Waals surface area contributed by atoms with Crippen molar-refractivity contribution in [1.29, 1.82) is 5.26 Å². The number of nitriles is 1. The van der Waals surface area contributed by atoms with Gasteiger partial charge in [-0.05, 0) is 18.1 Å². The van der Waals surface area contributed by atoms with Crippen molar-refractivity contribution >= 4 is 34.9 Å². The Balaban J connectivity index is 2.95. The Morgan fingerprint density at radius 1 is 1.44 bits per heavy atom. The van der Waals surface area contributed by atoms with E-state index in [0.29, 0.717) is 0 Å². The Morgan fingerprint density at radius 2 is 2.08 bits per heavy atom. The Hall–Kier alpha value is -3.12. The minimum atomic E-state index is -1.22. The number of halogens is 1. The number of hydrogen-bond acceptors (Lipinski definition) is 6. The summed E-state index contributed by atoms with van der Waals surface area (Å²) in [7, 11) is 0. The second-order valence-corrected chi connectivity index (χ2v) is 5.68. The van der Waals surface area contributed by atoms with Crippen LogP contribution in [0.25, 0.3) is 0 Å². The second kappa shape index (κ2) is 8.65. The summed E-state index contributed by atoms with van der Waals surface area (Å²) >= 11 is 5.69. The molecule has 1 rings (SSSR count). The molecule has 9 nitrogen and oxygen atoms in total. The maximum atomic E-state index is 12.0. The molecule has 1 aromatic rings. The molecule has 1 unspecified atom stereocenters. The molecule has 1 atom stereocenters. The van der Waals surface area contributed by atoms with Gasteiger partial charge in [0.1, 0.15) is 22.7 Å². The average molecular weight is 367 g/mol. The van der Waals surface area contributed by atoms with Crippen LogP contribution in [0.15, 0.2) is 30.0 Å². The van der Waals surface area contributed by atoms with Crippen LogP contribution in [0, 0.1) is 27.4 Å². The number of benzene rings is 1. The van der Waals surface area contributed by atoms with E-state index >= 15 is 0 Å². The molecule has 25 heavy (non-hydrogen) atoms. The average Bonchev–Trinajstić information content (AvgIpc) is 2.53. The maximum absolute atomic E-state index is 12.0. The van der Waals surface area contributed by atoms with Crippen molar-refractivity contribution in [2.24, 2.45) is 5.92 Å². The first-order valence-electron chi connectivity index (χ1n) is 7.01. The second-order valence-electron chi connectivity index (χ2n) is 5.27. The summed E-state index contributed by atoms with van der Waals surface area (Å²) in [5.41, 5.74) is -0.492. The molecular weight excluding hydrogens is 352 g/mol. The number of amides is 1.